The fourth-order valence-electron chi connectivity index (χ4n) is 3.74. The summed E-state index contributed by atoms with van der Waals surface area (Å²) in [5, 5.41) is 5.25. The van der Waals surface area contributed by atoms with E-state index < -0.39 is 28.8 Å². The summed E-state index contributed by atoms with van der Waals surface area (Å²) in [7, 11) is 0. The second-order valence-electron chi connectivity index (χ2n) is 10.6. The number of ether oxygens (including phenoxy) is 2. The van der Waals surface area contributed by atoms with E-state index in [1.165, 1.54) is 35.7 Å². The highest BCUT2D eigenvalue weighted by Gasteiger charge is 2.37. The number of benzene rings is 1. The van der Waals surface area contributed by atoms with Crippen molar-refractivity contribution >= 4 is 28.5 Å². The van der Waals surface area contributed by atoms with Crippen molar-refractivity contribution in [2.45, 2.75) is 59.7 Å². The number of anilines is 2. The molecule has 3 aromatic rings. The molecule has 0 bridgehead atoms. The van der Waals surface area contributed by atoms with Gasteiger partial charge in [-0.1, -0.05) is 13.8 Å². The van der Waals surface area contributed by atoms with Crippen molar-refractivity contribution in [1.82, 2.24) is 15.0 Å². The number of amides is 1. The van der Waals surface area contributed by atoms with Crippen molar-refractivity contribution in [3.05, 3.63) is 52.4 Å². The number of nitrogens with one attached hydrogen (secondary N) is 1. The van der Waals surface area contributed by atoms with E-state index in [9.17, 15) is 18.0 Å². The molecule has 3 rings (SSSR count). The van der Waals surface area contributed by atoms with Crippen LogP contribution in [0.2, 0.25) is 0 Å². The van der Waals surface area contributed by atoms with Gasteiger partial charge in [-0.25, -0.2) is 15.0 Å². The SMILES string of the molecule is CC(C)C[C@](C)(C#[N+]C(=O)OC(C)(C)C)COc1ccc(-c2ccnc(Nc3nccs3)n2)cc1C(F)(F)F. The number of nitrogens with zero attached hydrogens (tertiary/aromatic N) is 4. The van der Waals surface area contributed by atoms with Gasteiger partial charge in [0.05, 0.1) is 16.1 Å². The summed E-state index contributed by atoms with van der Waals surface area (Å²) in [5.74, 6) is -0.00886. The van der Waals surface area contributed by atoms with Crippen molar-refractivity contribution < 1.29 is 27.4 Å². The van der Waals surface area contributed by atoms with Crippen LogP contribution in [0.3, 0.4) is 0 Å². The maximum Gasteiger partial charge on any atom is 0.728 e. The maximum absolute atomic E-state index is 14.1. The second-order valence-corrected chi connectivity index (χ2v) is 11.5. The minimum Gasteiger partial charge on any atom is -0.491 e. The van der Waals surface area contributed by atoms with Crippen LogP contribution >= 0.6 is 11.3 Å². The Labute approximate surface area is 229 Å². The lowest BCUT2D eigenvalue weighted by Gasteiger charge is -2.23. The Balaban J connectivity index is 1.87. The number of carbonyl (C=O) groups excluding carboxylic acids is 1. The van der Waals surface area contributed by atoms with Gasteiger partial charge in [0, 0.05) is 23.3 Å². The van der Waals surface area contributed by atoms with Gasteiger partial charge in [-0.3, -0.25) is 0 Å². The van der Waals surface area contributed by atoms with Gasteiger partial charge in [0.2, 0.25) is 5.95 Å². The lowest BCUT2D eigenvalue weighted by atomic mass is 9.84. The van der Waals surface area contributed by atoms with E-state index in [0.717, 1.165) is 6.07 Å². The summed E-state index contributed by atoms with van der Waals surface area (Å²) in [4.78, 5) is 28.4. The van der Waals surface area contributed by atoms with Crippen LogP contribution < -0.4 is 10.1 Å². The van der Waals surface area contributed by atoms with E-state index in [-0.39, 0.29) is 29.8 Å². The number of carbonyl (C=O) groups is 1. The van der Waals surface area contributed by atoms with Crippen LogP contribution in [-0.2, 0) is 10.9 Å². The van der Waals surface area contributed by atoms with E-state index >= 15 is 0 Å². The van der Waals surface area contributed by atoms with Crippen LogP contribution in [0.15, 0.2) is 42.0 Å². The van der Waals surface area contributed by atoms with E-state index in [1.54, 1.807) is 39.3 Å². The van der Waals surface area contributed by atoms with Crippen molar-refractivity contribution in [3.8, 4) is 23.1 Å². The molecule has 39 heavy (non-hydrogen) atoms. The predicted octanol–water partition coefficient (Wildman–Crippen LogP) is 8.06. The molecular weight excluding hydrogens is 531 g/mol. The summed E-state index contributed by atoms with van der Waals surface area (Å²) in [6, 6.07) is 8.02. The molecule has 0 aliphatic carbocycles. The van der Waals surface area contributed by atoms with Crippen LogP contribution in [0, 0.1) is 17.4 Å². The minimum absolute atomic E-state index is 0.134. The highest BCUT2D eigenvalue weighted by Crippen LogP contribution is 2.39. The number of thiazole rings is 1. The Morgan fingerprint density at radius 1 is 1.13 bits per heavy atom. The number of alkyl halides is 3. The summed E-state index contributed by atoms with van der Waals surface area (Å²) in [6.07, 6.45) is -1.99. The highest BCUT2D eigenvalue weighted by molar-refractivity contribution is 7.13. The van der Waals surface area contributed by atoms with Gasteiger partial charge in [0.15, 0.2) is 5.13 Å². The molecule has 1 N–H and O–H groups in total. The summed E-state index contributed by atoms with van der Waals surface area (Å²) >= 11 is 1.34. The zero-order valence-electron chi connectivity index (χ0n) is 22.6. The van der Waals surface area contributed by atoms with Crippen LogP contribution in [0.5, 0.6) is 5.75 Å². The maximum atomic E-state index is 14.1. The molecule has 0 saturated heterocycles. The Hall–Kier alpha value is -3.72. The third-order valence-corrected chi connectivity index (χ3v) is 5.79. The minimum atomic E-state index is -4.69. The van der Waals surface area contributed by atoms with E-state index in [2.05, 4.69) is 31.2 Å². The van der Waals surface area contributed by atoms with Crippen molar-refractivity contribution in [2.24, 2.45) is 11.3 Å². The predicted molar refractivity (Wildman–Crippen MR) is 144 cm³/mol. The normalized spacial score (nSPS) is 13.3. The molecule has 2 aromatic heterocycles. The molecule has 12 heteroatoms. The Kier molecular flexibility index (Phi) is 9.17. The third-order valence-electron chi connectivity index (χ3n) is 5.10. The first-order valence-electron chi connectivity index (χ1n) is 12.2. The number of rotatable bonds is 8. The molecule has 0 unspecified atom stereocenters. The topological polar surface area (TPSA) is 90.6 Å². The Bertz CT molecular complexity index is 1350. The van der Waals surface area contributed by atoms with E-state index in [0.29, 0.717) is 17.2 Å². The fourth-order valence-corrected chi connectivity index (χ4v) is 4.26. The van der Waals surface area contributed by atoms with Gasteiger partial charge in [0.1, 0.15) is 23.4 Å². The van der Waals surface area contributed by atoms with Gasteiger partial charge in [-0.15, -0.1) is 11.3 Å². The third kappa shape index (κ3) is 9.21. The average molecular weight is 563 g/mol. The van der Waals surface area contributed by atoms with Gasteiger partial charge in [-0.2, -0.15) is 18.0 Å². The first-order chi connectivity index (χ1) is 18.1. The first-order valence-corrected chi connectivity index (χ1v) is 13.1. The second kappa shape index (κ2) is 12.0. The zero-order chi connectivity index (χ0) is 28.8. The lowest BCUT2D eigenvalue weighted by molar-refractivity contribution is -0.139. The van der Waals surface area contributed by atoms with Gasteiger partial charge in [-0.05, 0) is 64.3 Å². The van der Waals surface area contributed by atoms with Gasteiger partial charge < -0.3 is 14.8 Å². The fraction of sp³-hybridized carbons (Fsp3) is 0.444. The van der Waals surface area contributed by atoms with Crippen molar-refractivity contribution in [1.29, 1.82) is 0 Å². The van der Waals surface area contributed by atoms with Crippen molar-refractivity contribution in [2.75, 3.05) is 11.9 Å². The highest BCUT2D eigenvalue weighted by atomic mass is 32.1. The summed E-state index contributed by atoms with van der Waals surface area (Å²) < 4.78 is 53.2. The van der Waals surface area contributed by atoms with E-state index in [1.807, 2.05) is 13.8 Å². The number of hydrogen-bond donors (Lipinski definition) is 1. The number of hydrogen-bond acceptors (Lipinski definition) is 8. The Morgan fingerprint density at radius 2 is 1.87 bits per heavy atom. The molecule has 0 spiro atoms. The number of aromatic nitrogens is 3. The molecule has 0 aliphatic rings. The van der Waals surface area contributed by atoms with Gasteiger partial charge in [0.25, 0.3) is 0 Å². The molecule has 208 valence electrons. The largest absolute Gasteiger partial charge is 0.728 e. The van der Waals surface area contributed by atoms with Gasteiger partial charge >= 0.3 is 18.3 Å². The van der Waals surface area contributed by atoms with Crippen LogP contribution in [0.4, 0.5) is 29.0 Å². The molecule has 0 aliphatic heterocycles. The molecule has 1 atom stereocenters. The number of halogens is 3. The molecule has 2 heterocycles. The summed E-state index contributed by atoms with van der Waals surface area (Å²) in [6.45, 7) is 10.6. The van der Waals surface area contributed by atoms with Crippen LogP contribution in [0.25, 0.3) is 16.1 Å². The summed E-state index contributed by atoms with van der Waals surface area (Å²) in [5.41, 5.74) is -2.11. The molecule has 1 aromatic carbocycles. The first kappa shape index (κ1) is 29.8. The Morgan fingerprint density at radius 3 is 2.49 bits per heavy atom. The zero-order valence-corrected chi connectivity index (χ0v) is 23.4. The molecule has 0 radical (unpaired) electrons. The van der Waals surface area contributed by atoms with E-state index in [4.69, 9.17) is 9.47 Å². The van der Waals surface area contributed by atoms with Crippen LogP contribution in [-0.4, -0.2) is 33.3 Å². The molecule has 8 nitrogen and oxygen atoms in total. The standard InChI is InChI=1S/C27H31F3N5O3S/c1-17(2)14-26(6,15-33-24(36)38-25(3,4)5)16-37-21-8-7-18(13-19(21)27(28,29)30)20-9-10-31-22(34-20)35-23-32-11-12-39-23/h7-13,17H,14,16H2,1-6H3,(H,31,32,34,35)/q+1/t26-/m1/s1. The molecule has 1 amide bonds. The molecule has 0 fully saturated rings. The smallest absolute Gasteiger partial charge is 0.491 e. The lowest BCUT2D eigenvalue weighted by Crippen LogP contribution is -2.26. The van der Waals surface area contributed by atoms with Crippen molar-refractivity contribution in [3.63, 3.8) is 0 Å². The monoisotopic (exact) mass is 562 g/mol. The van der Waals surface area contributed by atoms with Crippen LogP contribution in [0.1, 0.15) is 53.5 Å². The quantitative estimate of drug-likeness (QED) is 0.297. The molecular formula is C27H31F3N5O3S+. The average Bonchev–Trinajstić information content (AvgIpc) is 3.33. The molecule has 0 saturated carbocycles.